The molecule has 1 aliphatic rings. The van der Waals surface area contributed by atoms with E-state index in [4.69, 9.17) is 10.3 Å². The zero-order chi connectivity index (χ0) is 15.5. The van der Waals surface area contributed by atoms with E-state index in [1.54, 1.807) is 0 Å². The van der Waals surface area contributed by atoms with E-state index in [0.717, 1.165) is 44.5 Å². The number of nitrogens with zero attached hydrogens (tertiary/aromatic N) is 5. The Balaban J connectivity index is 1.70. The molecule has 1 saturated heterocycles. The average molecular weight is 304 g/mol. The lowest BCUT2D eigenvalue weighted by atomic mass is 10.2. The summed E-state index contributed by atoms with van der Waals surface area (Å²) >= 11 is 0. The van der Waals surface area contributed by atoms with Gasteiger partial charge in [-0.1, -0.05) is 12.1 Å². The van der Waals surface area contributed by atoms with Crippen LogP contribution in [0.2, 0.25) is 0 Å². The van der Waals surface area contributed by atoms with E-state index in [0.29, 0.717) is 5.89 Å². The molecule has 0 aliphatic carbocycles. The number of hydrogen-bond acceptors (Lipinski definition) is 6. The van der Waals surface area contributed by atoms with Crippen molar-refractivity contribution in [3.05, 3.63) is 29.7 Å². The van der Waals surface area contributed by atoms with Crippen LogP contribution in [0.15, 0.2) is 16.9 Å². The molecular formula is C14H20N6O2. The topological polar surface area (TPSA) is 103 Å². The molecule has 0 spiro atoms. The lowest BCUT2D eigenvalue weighted by molar-refractivity contribution is 0.0987. The van der Waals surface area contributed by atoms with Gasteiger partial charge in [-0.15, -0.1) is 0 Å². The molecule has 118 valence electrons. The molecule has 2 N–H and O–H groups in total. The van der Waals surface area contributed by atoms with Crippen molar-refractivity contribution in [1.29, 1.82) is 0 Å². The van der Waals surface area contributed by atoms with Gasteiger partial charge in [0.25, 0.3) is 11.7 Å². The Morgan fingerprint density at radius 2 is 2.41 bits per heavy atom. The van der Waals surface area contributed by atoms with Gasteiger partial charge in [0.2, 0.25) is 5.89 Å². The average Bonchev–Trinajstić information content (AvgIpc) is 3.19. The van der Waals surface area contributed by atoms with Crippen LogP contribution in [0.25, 0.3) is 0 Å². The number of hydrogen-bond donors (Lipinski definition) is 1. The summed E-state index contributed by atoms with van der Waals surface area (Å²) < 4.78 is 7.15. The third-order valence-corrected chi connectivity index (χ3v) is 3.84. The maximum Gasteiger partial charge on any atom is 0.290 e. The zero-order valence-electron chi connectivity index (χ0n) is 12.6. The van der Waals surface area contributed by atoms with E-state index >= 15 is 0 Å². The van der Waals surface area contributed by atoms with E-state index in [1.807, 2.05) is 10.9 Å². The summed E-state index contributed by atoms with van der Waals surface area (Å²) in [5.74, 6) is -0.259. The first-order valence-corrected chi connectivity index (χ1v) is 7.56. The molecular weight excluding hydrogens is 284 g/mol. The van der Waals surface area contributed by atoms with Crippen molar-refractivity contribution in [3.8, 4) is 0 Å². The van der Waals surface area contributed by atoms with Gasteiger partial charge in [0, 0.05) is 24.8 Å². The highest BCUT2D eigenvalue weighted by Crippen LogP contribution is 2.32. The Bertz CT molecular complexity index is 649. The number of nitrogens with two attached hydrogens (primary N) is 1. The van der Waals surface area contributed by atoms with Gasteiger partial charge in [0.1, 0.15) is 0 Å². The fourth-order valence-electron chi connectivity index (χ4n) is 2.84. The molecule has 0 saturated carbocycles. The predicted octanol–water partition coefficient (Wildman–Crippen LogP) is 1.11. The largest absolute Gasteiger partial charge is 0.363 e. The van der Waals surface area contributed by atoms with Crippen LogP contribution in [0.3, 0.4) is 0 Å². The number of aromatic nitrogens is 4. The lowest BCUT2D eigenvalue weighted by Gasteiger charge is -2.20. The van der Waals surface area contributed by atoms with Crippen molar-refractivity contribution in [2.75, 3.05) is 6.54 Å². The van der Waals surface area contributed by atoms with Crippen molar-refractivity contribution >= 4 is 5.91 Å². The minimum absolute atomic E-state index is 0.0372. The van der Waals surface area contributed by atoms with Crippen molar-refractivity contribution < 1.29 is 9.32 Å². The fourth-order valence-corrected chi connectivity index (χ4v) is 2.84. The molecule has 0 aromatic carbocycles. The summed E-state index contributed by atoms with van der Waals surface area (Å²) in [5, 5.41) is 7.98. The van der Waals surface area contributed by atoms with E-state index in [1.165, 1.54) is 0 Å². The molecule has 22 heavy (non-hydrogen) atoms. The molecule has 1 atom stereocenters. The summed E-state index contributed by atoms with van der Waals surface area (Å²) in [6.45, 7) is 4.79. The van der Waals surface area contributed by atoms with E-state index in [-0.39, 0.29) is 11.9 Å². The maximum atomic E-state index is 11.1. The number of carbonyl (C=O) groups is 1. The second-order valence-corrected chi connectivity index (χ2v) is 5.56. The highest BCUT2D eigenvalue weighted by Gasteiger charge is 2.31. The first-order chi connectivity index (χ1) is 10.7. The number of likely N-dealkylation sites (tertiary alicyclic amines) is 1. The highest BCUT2D eigenvalue weighted by molar-refractivity contribution is 5.88. The minimum atomic E-state index is -0.666. The third-order valence-electron chi connectivity index (χ3n) is 3.84. The van der Waals surface area contributed by atoms with Gasteiger partial charge < -0.3 is 10.3 Å². The van der Waals surface area contributed by atoms with E-state index in [2.05, 4.69) is 33.3 Å². The monoisotopic (exact) mass is 304 g/mol. The summed E-state index contributed by atoms with van der Waals surface area (Å²) in [4.78, 5) is 17.5. The van der Waals surface area contributed by atoms with Gasteiger partial charge in [-0.25, -0.2) is 0 Å². The van der Waals surface area contributed by atoms with Crippen molar-refractivity contribution in [3.63, 3.8) is 0 Å². The Kier molecular flexibility index (Phi) is 4.19. The van der Waals surface area contributed by atoms with Gasteiger partial charge in [-0.3, -0.25) is 14.4 Å². The molecule has 8 heteroatoms. The third kappa shape index (κ3) is 3.01. The van der Waals surface area contributed by atoms with Crippen LogP contribution in [-0.2, 0) is 13.1 Å². The lowest BCUT2D eigenvalue weighted by Crippen LogP contribution is -2.23. The van der Waals surface area contributed by atoms with Crippen molar-refractivity contribution in [1.82, 2.24) is 24.8 Å². The summed E-state index contributed by atoms with van der Waals surface area (Å²) in [6.07, 6.45) is 7.02. The van der Waals surface area contributed by atoms with Crippen LogP contribution in [0.4, 0.5) is 0 Å². The molecule has 2 aromatic rings. The Morgan fingerprint density at radius 3 is 3.14 bits per heavy atom. The van der Waals surface area contributed by atoms with Crippen LogP contribution in [0.1, 0.15) is 54.3 Å². The van der Waals surface area contributed by atoms with E-state index < -0.39 is 5.91 Å². The Morgan fingerprint density at radius 1 is 1.55 bits per heavy atom. The van der Waals surface area contributed by atoms with Crippen LogP contribution in [0.5, 0.6) is 0 Å². The van der Waals surface area contributed by atoms with Crippen molar-refractivity contribution in [2.24, 2.45) is 5.73 Å². The van der Waals surface area contributed by atoms with Gasteiger partial charge in [0.15, 0.2) is 0 Å². The second kappa shape index (κ2) is 6.27. The number of primary amides is 1. The molecule has 3 heterocycles. The summed E-state index contributed by atoms with van der Waals surface area (Å²) in [7, 11) is 0. The van der Waals surface area contributed by atoms with Crippen LogP contribution < -0.4 is 5.73 Å². The molecule has 3 rings (SSSR count). The first-order valence-electron chi connectivity index (χ1n) is 7.56. The quantitative estimate of drug-likeness (QED) is 0.857. The number of amides is 1. The molecule has 8 nitrogen and oxygen atoms in total. The Labute approximate surface area is 128 Å². The maximum absolute atomic E-state index is 11.1. The zero-order valence-corrected chi connectivity index (χ0v) is 12.6. The molecule has 2 aromatic heterocycles. The standard InChI is InChI=1S/C14H20N6O2/c1-2-5-20-9-10(7-16-20)8-19-6-3-4-11(19)14-17-13(12(15)21)18-22-14/h7,9,11H,2-6,8H2,1H3,(H2,15,21)/t11-/m1/s1. The van der Waals surface area contributed by atoms with Crippen LogP contribution >= 0.6 is 0 Å². The number of rotatable bonds is 6. The van der Waals surface area contributed by atoms with E-state index in [9.17, 15) is 4.79 Å². The van der Waals surface area contributed by atoms with Gasteiger partial charge in [-0.05, 0) is 25.8 Å². The molecule has 1 aliphatic heterocycles. The van der Waals surface area contributed by atoms with Gasteiger partial charge >= 0.3 is 0 Å². The number of carbonyl (C=O) groups excluding carboxylic acids is 1. The summed E-state index contributed by atoms with van der Waals surface area (Å²) in [5.41, 5.74) is 6.33. The SMILES string of the molecule is CCCn1cc(CN2CCC[C@@H]2c2nc(C(N)=O)no2)cn1. The molecule has 1 fully saturated rings. The molecule has 1 amide bonds. The highest BCUT2D eigenvalue weighted by atomic mass is 16.5. The van der Waals surface area contributed by atoms with Crippen LogP contribution in [-0.4, -0.2) is 37.3 Å². The van der Waals surface area contributed by atoms with Gasteiger partial charge in [0.05, 0.1) is 12.2 Å². The molecule has 0 bridgehead atoms. The smallest absolute Gasteiger partial charge is 0.290 e. The summed E-state index contributed by atoms with van der Waals surface area (Å²) in [6, 6.07) is 0.0372. The first kappa shape index (κ1) is 14.7. The number of aryl methyl sites for hydroxylation is 1. The van der Waals surface area contributed by atoms with Crippen molar-refractivity contribution in [2.45, 2.75) is 45.3 Å². The molecule has 0 unspecified atom stereocenters. The fraction of sp³-hybridized carbons (Fsp3) is 0.571. The molecule has 0 radical (unpaired) electrons. The minimum Gasteiger partial charge on any atom is -0.363 e. The normalized spacial score (nSPS) is 18.9. The van der Waals surface area contributed by atoms with Crippen LogP contribution in [0, 0.1) is 0 Å². The predicted molar refractivity (Wildman–Crippen MR) is 77.7 cm³/mol. The Hall–Kier alpha value is -2.22. The second-order valence-electron chi connectivity index (χ2n) is 5.56. The van der Waals surface area contributed by atoms with Gasteiger partial charge in [-0.2, -0.15) is 10.1 Å².